The number of hydrogen-bond acceptors (Lipinski definition) is 6. The van der Waals surface area contributed by atoms with Crippen molar-refractivity contribution in [1.29, 1.82) is 0 Å². The first-order chi connectivity index (χ1) is 13.5. The lowest BCUT2D eigenvalue weighted by molar-refractivity contribution is 0.248. The molecule has 0 saturated heterocycles. The molecule has 6 nitrogen and oxygen atoms in total. The first-order valence-electron chi connectivity index (χ1n) is 9.21. The maximum Gasteiger partial charge on any atom is 0.225 e. The zero-order chi connectivity index (χ0) is 19.9. The molecule has 0 amide bonds. The second-order valence-electron chi connectivity index (χ2n) is 6.84. The Morgan fingerprint density at radius 3 is 2.57 bits per heavy atom. The van der Waals surface area contributed by atoms with Crippen LogP contribution in [0.3, 0.4) is 0 Å². The van der Waals surface area contributed by atoms with Crippen LogP contribution in [0.5, 0.6) is 0 Å². The van der Waals surface area contributed by atoms with Crippen molar-refractivity contribution in [3.63, 3.8) is 0 Å². The third-order valence-corrected chi connectivity index (χ3v) is 4.33. The molecule has 0 fully saturated rings. The summed E-state index contributed by atoms with van der Waals surface area (Å²) in [5.74, 6) is 0.914. The van der Waals surface area contributed by atoms with Gasteiger partial charge < -0.3 is 15.7 Å². The second kappa shape index (κ2) is 9.23. The van der Waals surface area contributed by atoms with Gasteiger partial charge in [0.05, 0.1) is 24.0 Å². The molecule has 2 aromatic heterocycles. The molecule has 1 aromatic carbocycles. The van der Waals surface area contributed by atoms with E-state index < -0.39 is 0 Å². The van der Waals surface area contributed by atoms with Crippen molar-refractivity contribution in [1.82, 2.24) is 15.0 Å². The van der Waals surface area contributed by atoms with Crippen molar-refractivity contribution in [2.75, 3.05) is 17.2 Å². The van der Waals surface area contributed by atoms with E-state index in [9.17, 15) is 9.50 Å². The fourth-order valence-electron chi connectivity index (χ4n) is 2.68. The van der Waals surface area contributed by atoms with Gasteiger partial charge in [-0.25, -0.2) is 9.37 Å². The highest BCUT2D eigenvalue weighted by molar-refractivity contribution is 5.61. The molecule has 3 rings (SSSR count). The zero-order valence-electron chi connectivity index (χ0n) is 15.9. The predicted molar refractivity (Wildman–Crippen MR) is 108 cm³/mol. The first kappa shape index (κ1) is 19.7. The molecule has 0 aliphatic heterocycles. The van der Waals surface area contributed by atoms with Crippen LogP contribution in [0.25, 0.3) is 11.4 Å². The molecule has 1 atom stereocenters. The van der Waals surface area contributed by atoms with E-state index >= 15 is 0 Å². The van der Waals surface area contributed by atoms with Gasteiger partial charge in [0, 0.05) is 18.8 Å². The highest BCUT2D eigenvalue weighted by Gasteiger charge is 2.15. The Bertz CT molecular complexity index is 904. The number of aliphatic hydroxyl groups is 1. The minimum absolute atomic E-state index is 0.0269. The average Bonchev–Trinajstić information content (AvgIpc) is 2.71. The molecule has 2 heterocycles. The van der Waals surface area contributed by atoms with Gasteiger partial charge in [-0.1, -0.05) is 32.0 Å². The minimum atomic E-state index is -0.277. The van der Waals surface area contributed by atoms with Gasteiger partial charge in [0.15, 0.2) is 0 Å². The Hall–Kier alpha value is -3.06. The van der Waals surface area contributed by atoms with E-state index in [1.807, 2.05) is 38.1 Å². The number of rotatable bonds is 8. The van der Waals surface area contributed by atoms with Gasteiger partial charge >= 0.3 is 0 Å². The molecule has 146 valence electrons. The van der Waals surface area contributed by atoms with Crippen LogP contribution in [0.1, 0.15) is 19.4 Å². The summed E-state index contributed by atoms with van der Waals surface area (Å²) in [5.41, 5.74) is 2.18. The van der Waals surface area contributed by atoms with Crippen molar-refractivity contribution in [3.8, 4) is 11.4 Å². The van der Waals surface area contributed by atoms with E-state index in [4.69, 9.17) is 0 Å². The molecule has 3 N–H and O–H groups in total. The van der Waals surface area contributed by atoms with E-state index in [-0.39, 0.29) is 24.4 Å². The standard InChI is InChI=1S/C21H24FN5O/c1-14(2)19(13-28)26-21-25-18(17-8-3-4-9-23-17)11-20(27-21)24-12-15-6-5-7-16(22)10-15/h3-11,14,19,28H,12-13H2,1-2H3,(H2,24,25,26,27)/t19-/m0/s1. The Morgan fingerprint density at radius 1 is 1.04 bits per heavy atom. The number of aliphatic hydroxyl groups excluding tert-OH is 1. The average molecular weight is 381 g/mol. The number of anilines is 2. The lowest BCUT2D eigenvalue weighted by Gasteiger charge is -2.20. The summed E-state index contributed by atoms with van der Waals surface area (Å²) in [6, 6.07) is 13.6. The monoisotopic (exact) mass is 381 g/mol. The number of aromatic nitrogens is 3. The molecular formula is C21H24FN5O. The summed E-state index contributed by atoms with van der Waals surface area (Å²) >= 11 is 0. The van der Waals surface area contributed by atoms with Gasteiger partial charge in [0.1, 0.15) is 11.6 Å². The molecule has 0 bridgehead atoms. The quantitative estimate of drug-likeness (QED) is 0.552. The number of pyridine rings is 1. The second-order valence-corrected chi connectivity index (χ2v) is 6.84. The van der Waals surface area contributed by atoms with Crippen LogP contribution < -0.4 is 10.6 Å². The minimum Gasteiger partial charge on any atom is -0.394 e. The maximum atomic E-state index is 13.4. The number of hydrogen-bond donors (Lipinski definition) is 3. The lowest BCUT2D eigenvalue weighted by atomic mass is 10.1. The topological polar surface area (TPSA) is 83.0 Å². The van der Waals surface area contributed by atoms with Crippen molar-refractivity contribution in [3.05, 3.63) is 66.1 Å². The van der Waals surface area contributed by atoms with E-state index in [0.717, 1.165) is 5.56 Å². The highest BCUT2D eigenvalue weighted by atomic mass is 19.1. The van der Waals surface area contributed by atoms with Crippen LogP contribution in [-0.2, 0) is 6.54 Å². The van der Waals surface area contributed by atoms with Crippen molar-refractivity contribution < 1.29 is 9.50 Å². The first-order valence-corrected chi connectivity index (χ1v) is 9.21. The summed E-state index contributed by atoms with van der Waals surface area (Å²) in [7, 11) is 0. The van der Waals surface area contributed by atoms with Gasteiger partial charge in [-0.15, -0.1) is 0 Å². The summed E-state index contributed by atoms with van der Waals surface area (Å²) < 4.78 is 13.4. The van der Waals surface area contributed by atoms with Gasteiger partial charge in [0.2, 0.25) is 5.95 Å². The number of halogens is 1. The van der Waals surface area contributed by atoms with E-state index in [0.29, 0.717) is 29.7 Å². The third kappa shape index (κ3) is 5.23. The van der Waals surface area contributed by atoms with Gasteiger partial charge in [-0.2, -0.15) is 4.98 Å². The van der Waals surface area contributed by atoms with E-state index in [2.05, 4.69) is 25.6 Å². The highest BCUT2D eigenvalue weighted by Crippen LogP contribution is 2.21. The molecule has 0 spiro atoms. The fraction of sp³-hybridized carbons (Fsp3) is 0.286. The fourth-order valence-corrected chi connectivity index (χ4v) is 2.68. The summed E-state index contributed by atoms with van der Waals surface area (Å²) in [6.45, 7) is 4.42. The Morgan fingerprint density at radius 2 is 1.89 bits per heavy atom. The number of benzene rings is 1. The van der Waals surface area contributed by atoms with Crippen LogP contribution in [0, 0.1) is 11.7 Å². The summed E-state index contributed by atoms with van der Waals surface area (Å²) in [5, 5.41) is 16.0. The van der Waals surface area contributed by atoms with Crippen LogP contribution >= 0.6 is 0 Å². The maximum absolute atomic E-state index is 13.4. The molecule has 0 aliphatic carbocycles. The normalized spacial score (nSPS) is 12.0. The van der Waals surface area contributed by atoms with Gasteiger partial charge in [-0.05, 0) is 35.7 Å². The Balaban J connectivity index is 1.88. The molecule has 3 aromatic rings. The lowest BCUT2D eigenvalue weighted by Crippen LogP contribution is -2.30. The number of nitrogens with one attached hydrogen (secondary N) is 2. The van der Waals surface area contributed by atoms with E-state index in [1.165, 1.54) is 12.1 Å². The molecule has 0 unspecified atom stereocenters. The zero-order valence-corrected chi connectivity index (χ0v) is 15.9. The van der Waals surface area contributed by atoms with Crippen LogP contribution in [0.15, 0.2) is 54.7 Å². The number of nitrogens with zero attached hydrogens (tertiary/aromatic N) is 3. The van der Waals surface area contributed by atoms with Crippen molar-refractivity contribution >= 4 is 11.8 Å². The van der Waals surface area contributed by atoms with Crippen LogP contribution in [0.2, 0.25) is 0 Å². The Labute approximate surface area is 163 Å². The molecule has 0 aliphatic rings. The summed E-state index contributed by atoms with van der Waals surface area (Å²) in [6.07, 6.45) is 1.70. The van der Waals surface area contributed by atoms with Gasteiger partial charge in [0.25, 0.3) is 0 Å². The molecule has 7 heteroatoms. The smallest absolute Gasteiger partial charge is 0.225 e. The van der Waals surface area contributed by atoms with Crippen LogP contribution in [-0.4, -0.2) is 32.7 Å². The molecular weight excluding hydrogens is 357 g/mol. The van der Waals surface area contributed by atoms with Crippen molar-refractivity contribution in [2.45, 2.75) is 26.4 Å². The predicted octanol–water partition coefficient (Wildman–Crippen LogP) is 3.72. The third-order valence-electron chi connectivity index (χ3n) is 4.33. The Kier molecular flexibility index (Phi) is 6.49. The SMILES string of the molecule is CC(C)[C@H](CO)Nc1nc(NCc2cccc(F)c2)cc(-c2ccccn2)n1. The van der Waals surface area contributed by atoms with Gasteiger partial charge in [-0.3, -0.25) is 4.98 Å². The largest absolute Gasteiger partial charge is 0.394 e. The molecule has 28 heavy (non-hydrogen) atoms. The molecule has 0 radical (unpaired) electrons. The van der Waals surface area contributed by atoms with Crippen LogP contribution in [0.4, 0.5) is 16.2 Å². The van der Waals surface area contributed by atoms with E-state index in [1.54, 1.807) is 18.3 Å². The van der Waals surface area contributed by atoms with Crippen molar-refractivity contribution in [2.24, 2.45) is 5.92 Å². The molecule has 0 saturated carbocycles. The summed E-state index contributed by atoms with van der Waals surface area (Å²) in [4.78, 5) is 13.4.